The highest BCUT2D eigenvalue weighted by Gasteiger charge is 2.31. The molecule has 6 nitrogen and oxygen atoms in total. The van der Waals surface area contributed by atoms with E-state index in [0.29, 0.717) is 31.2 Å². The zero-order chi connectivity index (χ0) is 19.9. The second-order valence-corrected chi connectivity index (χ2v) is 9.07. The van der Waals surface area contributed by atoms with Crippen LogP contribution in [-0.2, 0) is 26.0 Å². The van der Waals surface area contributed by atoms with Gasteiger partial charge < -0.3 is 9.47 Å². The molecule has 0 amide bonds. The van der Waals surface area contributed by atoms with E-state index in [1.165, 1.54) is 4.31 Å². The van der Waals surface area contributed by atoms with Gasteiger partial charge in [-0.15, -0.1) is 0 Å². The van der Waals surface area contributed by atoms with E-state index in [1.807, 2.05) is 32.0 Å². The zero-order valence-electron chi connectivity index (χ0n) is 17.1. The average molecular weight is 399 g/mol. The van der Waals surface area contributed by atoms with Crippen LogP contribution in [0.4, 0.5) is 0 Å². The molecular formula is C20H34N2O4S. The minimum Gasteiger partial charge on any atom is -0.379 e. The molecule has 2 aliphatic rings. The smallest absolute Gasteiger partial charge is 0.243 e. The van der Waals surface area contributed by atoms with Crippen LogP contribution < -0.4 is 0 Å². The van der Waals surface area contributed by atoms with Crippen molar-refractivity contribution in [2.75, 3.05) is 46.5 Å². The first-order valence-electron chi connectivity index (χ1n) is 9.87. The van der Waals surface area contributed by atoms with Crippen LogP contribution in [0.25, 0.3) is 0 Å². The van der Waals surface area contributed by atoms with Gasteiger partial charge in [-0.3, -0.25) is 4.90 Å². The highest BCUT2D eigenvalue weighted by atomic mass is 32.2. The lowest BCUT2D eigenvalue weighted by Gasteiger charge is -2.39. The number of hydrogen-bond acceptors (Lipinski definition) is 5. The van der Waals surface area contributed by atoms with Crippen molar-refractivity contribution in [1.29, 1.82) is 0 Å². The minimum atomic E-state index is -3.44. The van der Waals surface area contributed by atoms with Gasteiger partial charge in [-0.2, -0.15) is 4.31 Å². The molecule has 3 rings (SSSR count). The Bertz CT molecular complexity index is 689. The molecule has 2 saturated heterocycles. The molecule has 1 aromatic carbocycles. The van der Waals surface area contributed by atoms with Crippen LogP contribution >= 0.6 is 0 Å². The molecule has 0 bridgehead atoms. The maximum Gasteiger partial charge on any atom is 0.243 e. The molecule has 0 aliphatic carbocycles. The molecule has 0 aromatic heterocycles. The first kappa shape index (κ1) is 22.3. The van der Waals surface area contributed by atoms with Crippen LogP contribution in [0, 0.1) is 0 Å². The fourth-order valence-electron chi connectivity index (χ4n) is 3.61. The third kappa shape index (κ3) is 5.74. The average Bonchev–Trinajstić information content (AvgIpc) is 2.70. The first-order chi connectivity index (χ1) is 12.9. The molecule has 0 N–H and O–H groups in total. The molecule has 2 aliphatic heterocycles. The van der Waals surface area contributed by atoms with E-state index in [1.54, 1.807) is 13.2 Å². The van der Waals surface area contributed by atoms with Crippen molar-refractivity contribution >= 4 is 10.0 Å². The van der Waals surface area contributed by atoms with Gasteiger partial charge in [0.2, 0.25) is 10.0 Å². The molecule has 2 heterocycles. The number of rotatable bonds is 5. The lowest BCUT2D eigenvalue weighted by Crippen LogP contribution is -2.46. The molecule has 1 atom stereocenters. The number of piperidine rings is 1. The Labute approximate surface area is 164 Å². The molecular weight excluding hydrogens is 364 g/mol. The summed E-state index contributed by atoms with van der Waals surface area (Å²) in [7, 11) is -1.68. The van der Waals surface area contributed by atoms with E-state index in [-0.39, 0.29) is 5.60 Å². The summed E-state index contributed by atoms with van der Waals surface area (Å²) in [5, 5.41) is 0. The molecule has 27 heavy (non-hydrogen) atoms. The van der Waals surface area contributed by atoms with Gasteiger partial charge in [0.05, 0.1) is 23.7 Å². The highest BCUT2D eigenvalue weighted by molar-refractivity contribution is 7.89. The van der Waals surface area contributed by atoms with Crippen molar-refractivity contribution < 1.29 is 17.9 Å². The zero-order valence-corrected chi connectivity index (χ0v) is 17.9. The van der Waals surface area contributed by atoms with E-state index >= 15 is 0 Å². The summed E-state index contributed by atoms with van der Waals surface area (Å²) in [6.45, 7) is 10.5. The second kappa shape index (κ2) is 9.98. The summed E-state index contributed by atoms with van der Waals surface area (Å²) in [5.41, 5.74) is 0.908. The minimum absolute atomic E-state index is 0.115. The monoisotopic (exact) mass is 398 g/mol. The third-order valence-corrected chi connectivity index (χ3v) is 7.04. The Hall–Kier alpha value is -0.990. The van der Waals surface area contributed by atoms with Crippen molar-refractivity contribution in [3.8, 4) is 0 Å². The van der Waals surface area contributed by atoms with Gasteiger partial charge in [-0.05, 0) is 44.0 Å². The van der Waals surface area contributed by atoms with Gasteiger partial charge in [-0.25, -0.2) is 8.42 Å². The largest absolute Gasteiger partial charge is 0.379 e. The van der Waals surface area contributed by atoms with Crippen LogP contribution in [0.2, 0.25) is 0 Å². The fraction of sp³-hybridized carbons (Fsp3) is 0.700. The topological polar surface area (TPSA) is 59.1 Å². The molecule has 0 saturated carbocycles. The molecule has 154 valence electrons. The second-order valence-electron chi connectivity index (χ2n) is 7.13. The Morgan fingerprint density at radius 3 is 2.56 bits per heavy atom. The van der Waals surface area contributed by atoms with Crippen molar-refractivity contribution in [2.45, 2.75) is 50.7 Å². The lowest BCUT2D eigenvalue weighted by atomic mass is 9.94. The first-order valence-corrected chi connectivity index (χ1v) is 11.3. The van der Waals surface area contributed by atoms with Crippen LogP contribution in [0.5, 0.6) is 0 Å². The van der Waals surface area contributed by atoms with E-state index in [2.05, 4.69) is 11.8 Å². The summed E-state index contributed by atoms with van der Waals surface area (Å²) >= 11 is 0. The predicted molar refractivity (Wildman–Crippen MR) is 107 cm³/mol. The molecule has 0 spiro atoms. The number of hydrogen-bond donors (Lipinski definition) is 0. The lowest BCUT2D eigenvalue weighted by molar-refractivity contribution is -0.0527. The maximum atomic E-state index is 12.8. The van der Waals surface area contributed by atoms with Gasteiger partial charge >= 0.3 is 0 Å². The van der Waals surface area contributed by atoms with Crippen LogP contribution in [0.15, 0.2) is 29.2 Å². The quantitative estimate of drug-likeness (QED) is 0.763. The molecule has 7 heteroatoms. The number of likely N-dealkylation sites (tertiary alicyclic amines) is 1. The fourth-order valence-corrected chi connectivity index (χ4v) is 5.09. The number of morpholine rings is 1. The SMILES string of the molecule is CC.COC1(C)CCCN(Cc2cccc(S(=O)(=O)N3CCOCC3)c2)C1. The van der Waals surface area contributed by atoms with E-state index < -0.39 is 10.0 Å². The van der Waals surface area contributed by atoms with Gasteiger partial charge in [0.1, 0.15) is 0 Å². The number of sulfonamides is 1. The van der Waals surface area contributed by atoms with Crippen molar-refractivity contribution in [3.63, 3.8) is 0 Å². The number of methoxy groups -OCH3 is 1. The summed E-state index contributed by atoms with van der Waals surface area (Å²) in [5.74, 6) is 0. The van der Waals surface area contributed by atoms with Crippen molar-refractivity contribution in [3.05, 3.63) is 29.8 Å². The van der Waals surface area contributed by atoms with Gasteiger partial charge in [0.25, 0.3) is 0 Å². The van der Waals surface area contributed by atoms with E-state index in [4.69, 9.17) is 9.47 Å². The maximum absolute atomic E-state index is 12.8. The van der Waals surface area contributed by atoms with Crippen molar-refractivity contribution in [2.24, 2.45) is 0 Å². The Morgan fingerprint density at radius 2 is 1.89 bits per heavy atom. The molecule has 0 radical (unpaired) electrons. The number of benzene rings is 1. The van der Waals surface area contributed by atoms with Crippen LogP contribution in [-0.4, -0.2) is 69.7 Å². The Balaban J connectivity index is 0.00000126. The van der Waals surface area contributed by atoms with Crippen LogP contribution in [0.1, 0.15) is 39.2 Å². The third-order valence-electron chi connectivity index (χ3n) is 5.14. The number of ether oxygens (including phenoxy) is 2. The highest BCUT2D eigenvalue weighted by Crippen LogP contribution is 2.26. The molecule has 2 fully saturated rings. The normalized spacial score (nSPS) is 24.9. The van der Waals surface area contributed by atoms with Gasteiger partial charge in [-0.1, -0.05) is 26.0 Å². The summed E-state index contributed by atoms with van der Waals surface area (Å²) in [6, 6.07) is 7.33. The van der Waals surface area contributed by atoms with Crippen molar-refractivity contribution in [1.82, 2.24) is 9.21 Å². The number of nitrogens with zero attached hydrogens (tertiary/aromatic N) is 2. The van der Waals surface area contributed by atoms with E-state index in [0.717, 1.165) is 38.0 Å². The van der Waals surface area contributed by atoms with Gasteiger partial charge in [0.15, 0.2) is 0 Å². The van der Waals surface area contributed by atoms with Gasteiger partial charge in [0, 0.05) is 33.3 Å². The molecule has 1 unspecified atom stereocenters. The van der Waals surface area contributed by atoms with Crippen LogP contribution in [0.3, 0.4) is 0 Å². The summed E-state index contributed by atoms with van der Waals surface area (Å²) in [4.78, 5) is 2.71. The molecule has 1 aromatic rings. The Kier molecular flexibility index (Phi) is 8.24. The predicted octanol–water partition coefficient (Wildman–Crippen LogP) is 2.73. The summed E-state index contributed by atoms with van der Waals surface area (Å²) in [6.07, 6.45) is 2.15. The summed E-state index contributed by atoms with van der Waals surface area (Å²) < 4.78 is 38.1. The van der Waals surface area contributed by atoms with E-state index in [9.17, 15) is 8.42 Å². The Morgan fingerprint density at radius 1 is 1.19 bits per heavy atom. The standard InChI is InChI=1S/C18H28N2O4S.C2H6/c1-18(23-2)7-4-8-19(15-18)14-16-5-3-6-17(13-16)25(21,22)20-9-11-24-12-10-20;1-2/h3,5-6,13H,4,7-12,14-15H2,1-2H3;1-2H3.